The smallest absolute Gasteiger partial charge is 0.291 e. The Hall–Kier alpha value is -2.64. The Labute approximate surface area is 151 Å². The number of nitrogens with one attached hydrogen (secondary N) is 1. The Morgan fingerprint density at radius 2 is 2.08 bits per heavy atom. The van der Waals surface area contributed by atoms with Gasteiger partial charge in [0.1, 0.15) is 5.69 Å². The summed E-state index contributed by atoms with van der Waals surface area (Å²) >= 11 is 0. The van der Waals surface area contributed by atoms with E-state index in [4.69, 9.17) is 4.42 Å². The predicted octanol–water partition coefficient (Wildman–Crippen LogP) is 1.74. The third-order valence-electron chi connectivity index (χ3n) is 5.45. The highest BCUT2D eigenvalue weighted by Gasteiger charge is 2.41. The lowest BCUT2D eigenvalue weighted by atomic mass is 10.1. The summed E-state index contributed by atoms with van der Waals surface area (Å²) in [5.41, 5.74) is 1.63. The molecule has 2 aromatic heterocycles. The van der Waals surface area contributed by atoms with Gasteiger partial charge in [-0.2, -0.15) is 5.10 Å². The van der Waals surface area contributed by atoms with Crippen LogP contribution in [-0.2, 0) is 5.41 Å². The molecule has 2 amide bonds. The van der Waals surface area contributed by atoms with Gasteiger partial charge in [-0.25, -0.2) is 4.98 Å². The SMILES string of the molecule is Cc1ncc(C(=O)N2CCN(C(=O)c3cc(C4(C)CC4)[nH]n3)[C@@H](C)C2)o1. The maximum atomic E-state index is 12.8. The zero-order valence-electron chi connectivity index (χ0n) is 15.3. The highest BCUT2D eigenvalue weighted by Crippen LogP contribution is 2.46. The third kappa shape index (κ3) is 2.89. The van der Waals surface area contributed by atoms with Crippen LogP contribution in [-0.4, -0.2) is 62.5 Å². The minimum atomic E-state index is -0.187. The maximum absolute atomic E-state index is 12.8. The largest absolute Gasteiger partial charge is 0.436 e. The molecule has 2 aliphatic rings. The van der Waals surface area contributed by atoms with Crippen LogP contribution >= 0.6 is 0 Å². The minimum absolute atomic E-state index is 0.0909. The molecule has 1 saturated carbocycles. The van der Waals surface area contributed by atoms with Crippen LogP contribution < -0.4 is 0 Å². The molecule has 2 aromatic rings. The summed E-state index contributed by atoms with van der Waals surface area (Å²) in [6.07, 6.45) is 3.70. The van der Waals surface area contributed by atoms with Gasteiger partial charge in [0.2, 0.25) is 5.76 Å². The molecule has 8 nitrogen and oxygen atoms in total. The summed E-state index contributed by atoms with van der Waals surface area (Å²) in [5.74, 6) is 0.429. The van der Waals surface area contributed by atoms with Crippen LogP contribution in [0.1, 0.15) is 59.3 Å². The highest BCUT2D eigenvalue weighted by molar-refractivity contribution is 5.94. The second-order valence-corrected chi connectivity index (χ2v) is 7.57. The lowest BCUT2D eigenvalue weighted by molar-refractivity contribution is 0.0395. The first-order valence-corrected chi connectivity index (χ1v) is 8.96. The standard InChI is InChI=1S/C18H23N5O3/c1-11-10-22(17(25)14-9-19-12(2)26-14)6-7-23(11)16(24)13-8-15(21-20-13)18(3)4-5-18/h8-9,11H,4-7,10H2,1-3H3,(H,20,21)/t11-/m0/s1. The van der Waals surface area contributed by atoms with Crippen molar-refractivity contribution in [2.24, 2.45) is 0 Å². The number of nitrogens with zero attached hydrogens (tertiary/aromatic N) is 4. The van der Waals surface area contributed by atoms with Crippen LogP contribution in [0.15, 0.2) is 16.7 Å². The van der Waals surface area contributed by atoms with E-state index in [-0.39, 0.29) is 29.0 Å². The number of H-pyrrole nitrogens is 1. The molecule has 8 heteroatoms. The number of hydrogen-bond acceptors (Lipinski definition) is 5. The second kappa shape index (κ2) is 5.96. The van der Waals surface area contributed by atoms with Crippen molar-refractivity contribution in [2.75, 3.05) is 19.6 Å². The van der Waals surface area contributed by atoms with E-state index in [1.807, 2.05) is 13.0 Å². The molecule has 4 rings (SSSR count). The Kier molecular flexibility index (Phi) is 3.86. The summed E-state index contributed by atoms with van der Waals surface area (Å²) in [6, 6.07) is 1.78. The molecule has 0 unspecified atom stereocenters. The van der Waals surface area contributed by atoms with Crippen molar-refractivity contribution in [3.8, 4) is 0 Å². The zero-order valence-corrected chi connectivity index (χ0v) is 15.3. The molecule has 138 valence electrons. The van der Waals surface area contributed by atoms with Crippen LogP contribution in [0.3, 0.4) is 0 Å². The third-order valence-corrected chi connectivity index (χ3v) is 5.45. The van der Waals surface area contributed by atoms with Crippen molar-refractivity contribution in [3.63, 3.8) is 0 Å². The molecule has 1 aliphatic heterocycles. The average molecular weight is 357 g/mol. The van der Waals surface area contributed by atoms with Gasteiger partial charge in [0.05, 0.1) is 6.20 Å². The number of aromatic nitrogens is 3. The highest BCUT2D eigenvalue weighted by atomic mass is 16.4. The molecule has 1 N–H and O–H groups in total. The number of amides is 2. The predicted molar refractivity (Wildman–Crippen MR) is 92.8 cm³/mol. The Balaban J connectivity index is 1.42. The lowest BCUT2D eigenvalue weighted by Gasteiger charge is -2.39. The summed E-state index contributed by atoms with van der Waals surface area (Å²) in [7, 11) is 0. The first-order chi connectivity index (χ1) is 12.4. The van der Waals surface area contributed by atoms with Crippen molar-refractivity contribution in [1.29, 1.82) is 0 Å². The van der Waals surface area contributed by atoms with E-state index in [2.05, 4.69) is 22.1 Å². The molecule has 0 bridgehead atoms. The van der Waals surface area contributed by atoms with E-state index in [1.54, 1.807) is 16.7 Å². The van der Waals surface area contributed by atoms with Gasteiger partial charge in [-0.05, 0) is 25.8 Å². The number of aromatic amines is 1. The number of rotatable bonds is 3. The maximum Gasteiger partial charge on any atom is 0.291 e. The number of aryl methyl sites for hydroxylation is 1. The van der Waals surface area contributed by atoms with Crippen molar-refractivity contribution in [3.05, 3.63) is 35.3 Å². The fraction of sp³-hybridized carbons (Fsp3) is 0.556. The van der Waals surface area contributed by atoms with Gasteiger partial charge in [-0.1, -0.05) is 6.92 Å². The van der Waals surface area contributed by atoms with Gasteiger partial charge >= 0.3 is 0 Å². The summed E-state index contributed by atoms with van der Waals surface area (Å²) in [6.45, 7) is 7.21. The van der Waals surface area contributed by atoms with Crippen LogP contribution in [0.2, 0.25) is 0 Å². The zero-order chi connectivity index (χ0) is 18.5. The van der Waals surface area contributed by atoms with Gasteiger partial charge in [0, 0.05) is 43.7 Å². The van der Waals surface area contributed by atoms with Crippen LogP contribution in [0.5, 0.6) is 0 Å². The molecule has 0 spiro atoms. The quantitative estimate of drug-likeness (QED) is 0.903. The van der Waals surface area contributed by atoms with Gasteiger partial charge in [-0.15, -0.1) is 0 Å². The summed E-state index contributed by atoms with van der Waals surface area (Å²) in [4.78, 5) is 32.8. The van der Waals surface area contributed by atoms with Crippen LogP contribution in [0, 0.1) is 6.92 Å². The van der Waals surface area contributed by atoms with Gasteiger partial charge in [0.25, 0.3) is 11.8 Å². The molecular weight excluding hydrogens is 334 g/mol. The van der Waals surface area contributed by atoms with Crippen molar-refractivity contribution in [1.82, 2.24) is 25.0 Å². The van der Waals surface area contributed by atoms with E-state index in [1.165, 1.54) is 6.20 Å². The first-order valence-electron chi connectivity index (χ1n) is 8.96. The normalized spacial score (nSPS) is 21.7. The molecule has 1 atom stereocenters. The van der Waals surface area contributed by atoms with E-state index < -0.39 is 0 Å². The minimum Gasteiger partial charge on any atom is -0.436 e. The average Bonchev–Trinajstić information content (AvgIpc) is 3.04. The van der Waals surface area contributed by atoms with E-state index in [0.29, 0.717) is 31.2 Å². The number of piperazine rings is 1. The van der Waals surface area contributed by atoms with Crippen LogP contribution in [0.4, 0.5) is 0 Å². The molecular formula is C18H23N5O3. The first kappa shape index (κ1) is 16.8. The van der Waals surface area contributed by atoms with Crippen LogP contribution in [0.25, 0.3) is 0 Å². The summed E-state index contributed by atoms with van der Waals surface area (Å²) in [5, 5.41) is 7.23. The van der Waals surface area contributed by atoms with Crippen molar-refractivity contribution >= 4 is 11.8 Å². The Bertz CT molecular complexity index is 851. The van der Waals surface area contributed by atoms with Crippen molar-refractivity contribution < 1.29 is 14.0 Å². The fourth-order valence-corrected chi connectivity index (χ4v) is 3.40. The summed E-state index contributed by atoms with van der Waals surface area (Å²) < 4.78 is 5.32. The van der Waals surface area contributed by atoms with E-state index >= 15 is 0 Å². The number of hydrogen-bond donors (Lipinski definition) is 1. The van der Waals surface area contributed by atoms with Crippen molar-refractivity contribution in [2.45, 2.75) is 45.1 Å². The molecule has 1 saturated heterocycles. The van der Waals surface area contributed by atoms with Gasteiger partial charge in [0.15, 0.2) is 5.89 Å². The van der Waals surface area contributed by atoms with Gasteiger partial charge in [-0.3, -0.25) is 14.7 Å². The molecule has 0 aromatic carbocycles. The number of carbonyl (C=O) groups is 2. The Morgan fingerprint density at radius 3 is 2.69 bits per heavy atom. The lowest BCUT2D eigenvalue weighted by Crippen LogP contribution is -2.55. The molecule has 1 aliphatic carbocycles. The molecule has 26 heavy (non-hydrogen) atoms. The van der Waals surface area contributed by atoms with Gasteiger partial charge < -0.3 is 14.2 Å². The Morgan fingerprint density at radius 1 is 1.31 bits per heavy atom. The van der Waals surface area contributed by atoms with E-state index in [0.717, 1.165) is 18.5 Å². The monoisotopic (exact) mass is 357 g/mol. The second-order valence-electron chi connectivity index (χ2n) is 7.57. The topological polar surface area (TPSA) is 95.3 Å². The van der Waals surface area contributed by atoms with E-state index in [9.17, 15) is 9.59 Å². The fourth-order valence-electron chi connectivity index (χ4n) is 3.40. The number of carbonyl (C=O) groups excluding carboxylic acids is 2. The molecule has 3 heterocycles. The molecule has 0 radical (unpaired) electrons. The molecule has 2 fully saturated rings. The number of oxazole rings is 1.